The number of nitrogens with zero attached hydrogens (tertiary/aromatic N) is 4. The van der Waals surface area contributed by atoms with Crippen molar-refractivity contribution in [3.05, 3.63) is 170 Å². The second kappa shape index (κ2) is 11.0. The molecule has 4 aromatic heterocycles. The van der Waals surface area contributed by atoms with E-state index in [9.17, 15) is 0 Å². The molecule has 0 saturated carbocycles. The van der Waals surface area contributed by atoms with Crippen LogP contribution in [-0.4, -0.2) is 19.1 Å². The predicted molar refractivity (Wildman–Crippen MR) is 214 cm³/mol. The van der Waals surface area contributed by atoms with Gasteiger partial charge in [0.1, 0.15) is 0 Å². The third-order valence-corrected chi connectivity index (χ3v) is 11.4. The molecule has 11 rings (SSSR count). The van der Waals surface area contributed by atoms with E-state index in [4.69, 9.17) is 9.97 Å². The highest BCUT2D eigenvalue weighted by atomic mass is 32.1. The molecule has 11 aromatic rings. The van der Waals surface area contributed by atoms with Crippen molar-refractivity contribution in [3.8, 4) is 34.0 Å². The Labute approximate surface area is 297 Å². The Bertz CT molecular complexity index is 3150. The van der Waals surface area contributed by atoms with E-state index in [1.165, 1.54) is 58.3 Å². The summed E-state index contributed by atoms with van der Waals surface area (Å²) in [6.45, 7) is 0. The van der Waals surface area contributed by atoms with Gasteiger partial charge in [-0.1, -0.05) is 103 Å². The van der Waals surface area contributed by atoms with Gasteiger partial charge in [0.15, 0.2) is 0 Å². The molecule has 0 saturated heterocycles. The second-order valence-electron chi connectivity index (χ2n) is 13.0. The van der Waals surface area contributed by atoms with Crippen molar-refractivity contribution in [1.29, 1.82) is 0 Å². The molecule has 0 bridgehead atoms. The minimum absolute atomic E-state index is 0.666. The Morgan fingerprint density at radius 3 is 2.00 bits per heavy atom. The zero-order chi connectivity index (χ0) is 33.5. The maximum Gasteiger partial charge on any atom is 0.235 e. The molecule has 0 aliphatic carbocycles. The molecule has 0 unspecified atom stereocenters. The molecule has 0 spiro atoms. The fourth-order valence-electron chi connectivity index (χ4n) is 7.93. The summed E-state index contributed by atoms with van der Waals surface area (Å²) < 4.78 is 7.18. The summed E-state index contributed by atoms with van der Waals surface area (Å²) >= 11 is 1.86. The van der Waals surface area contributed by atoms with Crippen LogP contribution >= 0.6 is 11.3 Å². The molecule has 0 aliphatic heterocycles. The van der Waals surface area contributed by atoms with Gasteiger partial charge >= 0.3 is 0 Å². The highest BCUT2D eigenvalue weighted by molar-refractivity contribution is 7.26. The van der Waals surface area contributed by atoms with Crippen LogP contribution in [0.2, 0.25) is 0 Å². The number of benzene rings is 7. The Kier molecular flexibility index (Phi) is 6.09. The summed E-state index contributed by atoms with van der Waals surface area (Å²) in [6.07, 6.45) is 1.88. The minimum atomic E-state index is 0.666. The van der Waals surface area contributed by atoms with E-state index in [2.05, 4.69) is 167 Å². The molecule has 238 valence electrons. The Balaban J connectivity index is 1.05. The van der Waals surface area contributed by atoms with E-state index < -0.39 is 0 Å². The first kappa shape index (κ1) is 28.3. The first-order valence-corrected chi connectivity index (χ1v) is 18.0. The van der Waals surface area contributed by atoms with Crippen LogP contribution in [0.15, 0.2) is 170 Å². The summed E-state index contributed by atoms with van der Waals surface area (Å²) in [4.78, 5) is 10.1. The first-order chi connectivity index (χ1) is 25.3. The smallest absolute Gasteiger partial charge is 0.235 e. The van der Waals surface area contributed by atoms with Crippen LogP contribution in [0.3, 0.4) is 0 Å². The van der Waals surface area contributed by atoms with Crippen molar-refractivity contribution < 1.29 is 0 Å². The van der Waals surface area contributed by atoms with E-state index in [-0.39, 0.29) is 0 Å². The van der Waals surface area contributed by atoms with E-state index in [0.29, 0.717) is 5.95 Å². The zero-order valence-corrected chi connectivity index (χ0v) is 28.2. The topological polar surface area (TPSA) is 35.6 Å². The van der Waals surface area contributed by atoms with Gasteiger partial charge in [0, 0.05) is 59.2 Å². The Morgan fingerprint density at radius 1 is 0.431 bits per heavy atom. The van der Waals surface area contributed by atoms with Crippen LogP contribution in [0.4, 0.5) is 0 Å². The minimum Gasteiger partial charge on any atom is -0.309 e. The number of rotatable bonds is 4. The maximum atomic E-state index is 5.22. The van der Waals surface area contributed by atoms with Crippen molar-refractivity contribution in [2.45, 2.75) is 0 Å². The summed E-state index contributed by atoms with van der Waals surface area (Å²) in [7, 11) is 0. The lowest BCUT2D eigenvalue weighted by atomic mass is 10.00. The van der Waals surface area contributed by atoms with Gasteiger partial charge in [0.2, 0.25) is 5.95 Å². The van der Waals surface area contributed by atoms with Gasteiger partial charge in [-0.2, -0.15) is 0 Å². The average molecular weight is 669 g/mol. The molecule has 4 heterocycles. The molecule has 0 N–H and O–H groups in total. The van der Waals surface area contributed by atoms with Crippen molar-refractivity contribution in [1.82, 2.24) is 19.1 Å². The van der Waals surface area contributed by atoms with Gasteiger partial charge in [-0.05, 0) is 71.8 Å². The van der Waals surface area contributed by atoms with Crippen molar-refractivity contribution in [2.75, 3.05) is 0 Å². The number of aromatic nitrogens is 4. The van der Waals surface area contributed by atoms with Crippen molar-refractivity contribution >= 4 is 75.1 Å². The van der Waals surface area contributed by atoms with E-state index in [1.54, 1.807) is 0 Å². The third-order valence-electron chi connectivity index (χ3n) is 10.2. The molecule has 0 fully saturated rings. The molecule has 7 aromatic carbocycles. The molecule has 51 heavy (non-hydrogen) atoms. The number of hydrogen-bond donors (Lipinski definition) is 0. The van der Waals surface area contributed by atoms with Gasteiger partial charge in [-0.15, -0.1) is 11.3 Å². The fraction of sp³-hybridized carbons (Fsp3) is 0. The fourth-order valence-corrected chi connectivity index (χ4v) is 9.19. The number of thiophene rings is 1. The van der Waals surface area contributed by atoms with E-state index in [0.717, 1.165) is 33.5 Å². The lowest BCUT2D eigenvalue weighted by Gasteiger charge is -2.10. The summed E-state index contributed by atoms with van der Waals surface area (Å²) in [5.74, 6) is 0.666. The quantitative estimate of drug-likeness (QED) is 0.187. The van der Waals surface area contributed by atoms with Crippen LogP contribution in [0, 0.1) is 0 Å². The Hall–Kier alpha value is -6.56. The molecular formula is C46H28N4S. The average Bonchev–Trinajstić information content (AvgIpc) is 3.86. The van der Waals surface area contributed by atoms with Crippen LogP contribution in [0.25, 0.3) is 97.8 Å². The summed E-state index contributed by atoms with van der Waals surface area (Å²) in [6, 6.07) is 58.6. The third kappa shape index (κ3) is 4.25. The number of hydrogen-bond acceptors (Lipinski definition) is 3. The summed E-state index contributed by atoms with van der Waals surface area (Å²) in [5.41, 5.74) is 10.0. The first-order valence-electron chi connectivity index (χ1n) is 17.2. The van der Waals surface area contributed by atoms with Crippen LogP contribution in [0.1, 0.15) is 0 Å². The molecule has 0 amide bonds. The van der Waals surface area contributed by atoms with Crippen LogP contribution in [-0.2, 0) is 0 Å². The number of para-hydroxylation sites is 3. The van der Waals surface area contributed by atoms with Gasteiger partial charge < -0.3 is 4.57 Å². The van der Waals surface area contributed by atoms with Gasteiger partial charge in [0.05, 0.1) is 27.8 Å². The van der Waals surface area contributed by atoms with E-state index >= 15 is 0 Å². The monoisotopic (exact) mass is 668 g/mol. The molecule has 0 radical (unpaired) electrons. The second-order valence-corrected chi connectivity index (χ2v) is 14.1. The normalized spacial score (nSPS) is 11.9. The summed E-state index contributed by atoms with van der Waals surface area (Å²) in [5, 5.41) is 7.54. The highest BCUT2D eigenvalue weighted by Gasteiger charge is 2.19. The van der Waals surface area contributed by atoms with Crippen LogP contribution in [0.5, 0.6) is 0 Å². The largest absolute Gasteiger partial charge is 0.309 e. The Morgan fingerprint density at radius 2 is 1.12 bits per heavy atom. The maximum absolute atomic E-state index is 5.22. The molecule has 0 atom stereocenters. The van der Waals surface area contributed by atoms with Crippen molar-refractivity contribution in [3.63, 3.8) is 0 Å². The van der Waals surface area contributed by atoms with Gasteiger partial charge in [0.25, 0.3) is 0 Å². The standard InChI is InChI=1S/C46H28N4S/c1-2-13-32(14-3-1)49-39-18-7-4-15-33(39)37-28-30(21-23-41(37)49)29-11-10-12-31(27-29)38-25-26-47-46(48-38)50-40-19-8-5-17-36(40)44-42(50)24-22-35-34-16-6-9-20-43(34)51-45(35)44/h1-28H. The lowest BCUT2D eigenvalue weighted by Crippen LogP contribution is -2.01. The molecule has 0 aliphatic rings. The molecular weight excluding hydrogens is 641 g/mol. The van der Waals surface area contributed by atoms with Gasteiger partial charge in [-0.3, -0.25) is 4.57 Å². The predicted octanol–water partition coefficient (Wildman–Crippen LogP) is 12.4. The van der Waals surface area contributed by atoms with Crippen molar-refractivity contribution in [2.24, 2.45) is 0 Å². The van der Waals surface area contributed by atoms with Crippen LogP contribution < -0.4 is 0 Å². The van der Waals surface area contributed by atoms with E-state index in [1.807, 2.05) is 23.6 Å². The lowest BCUT2D eigenvalue weighted by molar-refractivity contribution is 0.992. The highest BCUT2D eigenvalue weighted by Crippen LogP contribution is 2.43. The SMILES string of the molecule is c1ccc(-n2c3ccccc3c3cc(-c4cccc(-c5ccnc(-n6c7ccccc7c7c8sc9ccccc9c8ccc76)n5)c4)ccc32)cc1. The number of fused-ring (bicyclic) bond motifs is 10. The van der Waals surface area contributed by atoms with Gasteiger partial charge in [-0.25, -0.2) is 9.97 Å². The zero-order valence-electron chi connectivity index (χ0n) is 27.4. The molecule has 5 heteroatoms. The molecule has 4 nitrogen and oxygen atoms in total.